The number of hydrogen-bond acceptors (Lipinski definition) is 2. The Morgan fingerprint density at radius 2 is 1.35 bits per heavy atom. The normalized spacial score (nSPS) is 33.9. The number of ether oxygens (including phenoxy) is 2. The predicted octanol–water partition coefficient (Wildman–Crippen LogP) is 7.46. The van der Waals surface area contributed by atoms with Crippen LogP contribution in [0.5, 0.6) is 5.75 Å². The SMILES string of the molecule is CCOC1CCC(C2CCC3CC(c4cc(F)c(OC(F)F)c(F)c4)CCC3C2)CC1. The average Bonchev–Trinajstić information content (AvgIpc) is 2.76. The van der Waals surface area contributed by atoms with Crippen molar-refractivity contribution in [2.75, 3.05) is 6.61 Å². The highest BCUT2D eigenvalue weighted by molar-refractivity contribution is 5.33. The zero-order chi connectivity index (χ0) is 22.0. The molecule has 0 radical (unpaired) electrons. The van der Waals surface area contributed by atoms with E-state index in [0.29, 0.717) is 23.5 Å². The highest BCUT2D eigenvalue weighted by atomic mass is 19.3. The number of alkyl halides is 2. The molecule has 0 amide bonds. The molecule has 0 spiro atoms. The third-order valence-corrected chi connectivity index (χ3v) is 8.14. The van der Waals surface area contributed by atoms with Crippen LogP contribution in [-0.2, 0) is 4.74 Å². The van der Waals surface area contributed by atoms with Crippen molar-refractivity contribution in [3.8, 4) is 5.75 Å². The minimum absolute atomic E-state index is 0.0871. The van der Waals surface area contributed by atoms with Crippen molar-refractivity contribution in [3.05, 3.63) is 29.3 Å². The minimum atomic E-state index is -3.24. The van der Waals surface area contributed by atoms with Crippen LogP contribution in [0.25, 0.3) is 0 Å². The molecule has 0 bridgehead atoms. The maximum atomic E-state index is 14.2. The Kier molecular flexibility index (Phi) is 7.45. The molecule has 0 aromatic heterocycles. The fourth-order valence-corrected chi connectivity index (χ4v) is 6.64. The monoisotopic (exact) mass is 442 g/mol. The first-order chi connectivity index (χ1) is 14.9. The molecule has 1 aromatic carbocycles. The number of benzene rings is 1. The number of hydrogen-bond donors (Lipinski definition) is 0. The molecule has 6 heteroatoms. The lowest BCUT2D eigenvalue weighted by atomic mass is 9.60. The Bertz CT molecular complexity index is 709. The van der Waals surface area contributed by atoms with Crippen molar-refractivity contribution < 1.29 is 27.0 Å². The molecule has 4 unspecified atom stereocenters. The van der Waals surface area contributed by atoms with Gasteiger partial charge in [-0.2, -0.15) is 8.78 Å². The van der Waals surface area contributed by atoms with Crippen LogP contribution in [0.2, 0.25) is 0 Å². The van der Waals surface area contributed by atoms with Crippen LogP contribution < -0.4 is 4.74 Å². The molecular weight excluding hydrogens is 408 g/mol. The maximum Gasteiger partial charge on any atom is 0.387 e. The van der Waals surface area contributed by atoms with E-state index in [4.69, 9.17) is 4.74 Å². The van der Waals surface area contributed by atoms with Gasteiger partial charge in [0.1, 0.15) is 0 Å². The smallest absolute Gasteiger partial charge is 0.387 e. The summed E-state index contributed by atoms with van der Waals surface area (Å²) in [5, 5.41) is 0. The molecule has 0 heterocycles. The molecule has 174 valence electrons. The Hall–Kier alpha value is -1.30. The van der Waals surface area contributed by atoms with Gasteiger partial charge in [0.05, 0.1) is 6.10 Å². The van der Waals surface area contributed by atoms with Crippen LogP contribution in [0.15, 0.2) is 12.1 Å². The molecule has 3 saturated carbocycles. The molecule has 3 aliphatic carbocycles. The maximum absolute atomic E-state index is 14.2. The van der Waals surface area contributed by atoms with E-state index in [-0.39, 0.29) is 5.92 Å². The lowest BCUT2D eigenvalue weighted by molar-refractivity contribution is -0.0547. The summed E-state index contributed by atoms with van der Waals surface area (Å²) in [4.78, 5) is 0. The van der Waals surface area contributed by atoms with Crippen molar-refractivity contribution in [1.82, 2.24) is 0 Å². The van der Waals surface area contributed by atoms with Gasteiger partial charge in [-0.3, -0.25) is 0 Å². The Labute approximate surface area is 182 Å². The second-order valence-corrected chi connectivity index (χ2v) is 9.79. The van der Waals surface area contributed by atoms with Crippen molar-refractivity contribution >= 4 is 0 Å². The summed E-state index contributed by atoms with van der Waals surface area (Å²) in [6.07, 6.45) is 12.0. The van der Waals surface area contributed by atoms with E-state index in [0.717, 1.165) is 37.7 Å². The van der Waals surface area contributed by atoms with Gasteiger partial charge < -0.3 is 9.47 Å². The molecule has 3 fully saturated rings. The van der Waals surface area contributed by atoms with Crippen LogP contribution in [-0.4, -0.2) is 19.3 Å². The highest BCUT2D eigenvalue weighted by Gasteiger charge is 2.39. The first kappa shape index (κ1) is 22.9. The average molecular weight is 443 g/mol. The van der Waals surface area contributed by atoms with Crippen LogP contribution in [0, 0.1) is 35.3 Å². The zero-order valence-corrected chi connectivity index (χ0v) is 18.3. The van der Waals surface area contributed by atoms with Gasteiger partial charge in [0.2, 0.25) is 0 Å². The molecule has 0 N–H and O–H groups in total. The van der Waals surface area contributed by atoms with E-state index in [1.54, 1.807) is 0 Å². The van der Waals surface area contributed by atoms with Gasteiger partial charge in [0, 0.05) is 6.61 Å². The lowest BCUT2D eigenvalue weighted by Gasteiger charge is -2.45. The summed E-state index contributed by atoms with van der Waals surface area (Å²) in [5.74, 6) is -0.0424. The van der Waals surface area contributed by atoms with E-state index in [2.05, 4.69) is 11.7 Å². The summed E-state index contributed by atoms with van der Waals surface area (Å²) in [7, 11) is 0. The number of rotatable bonds is 6. The van der Waals surface area contributed by atoms with E-state index < -0.39 is 24.0 Å². The minimum Gasteiger partial charge on any atom is -0.429 e. The molecule has 2 nitrogen and oxygen atoms in total. The van der Waals surface area contributed by atoms with Gasteiger partial charge in [-0.1, -0.05) is 0 Å². The fourth-order valence-electron chi connectivity index (χ4n) is 6.64. The molecule has 1 aromatic rings. The summed E-state index contributed by atoms with van der Waals surface area (Å²) in [6.45, 7) is -0.369. The zero-order valence-electron chi connectivity index (χ0n) is 18.3. The molecule has 4 rings (SSSR count). The second-order valence-electron chi connectivity index (χ2n) is 9.79. The number of halogens is 4. The largest absolute Gasteiger partial charge is 0.429 e. The highest BCUT2D eigenvalue weighted by Crippen LogP contribution is 2.51. The van der Waals surface area contributed by atoms with E-state index in [1.165, 1.54) is 57.1 Å². The van der Waals surface area contributed by atoms with Gasteiger partial charge in [0.15, 0.2) is 17.4 Å². The van der Waals surface area contributed by atoms with Crippen LogP contribution in [0.1, 0.15) is 82.6 Å². The van der Waals surface area contributed by atoms with E-state index >= 15 is 0 Å². The van der Waals surface area contributed by atoms with E-state index in [9.17, 15) is 17.6 Å². The molecule has 3 aliphatic rings. The van der Waals surface area contributed by atoms with Crippen molar-refractivity contribution in [1.29, 1.82) is 0 Å². The molecule has 4 atom stereocenters. The third kappa shape index (κ3) is 5.37. The predicted molar refractivity (Wildman–Crippen MR) is 111 cm³/mol. The summed E-state index contributed by atoms with van der Waals surface area (Å²) >= 11 is 0. The standard InChI is InChI=1S/C25H34F4O2/c1-2-30-21-9-7-15(8-10-21)16-3-4-18-12-19(6-5-17(18)11-16)20-13-22(26)24(23(27)14-20)31-25(28)29/h13-19,21,25H,2-12H2,1H3. The number of fused-ring (bicyclic) bond motifs is 1. The van der Waals surface area contributed by atoms with Gasteiger partial charge in [-0.15, -0.1) is 0 Å². The van der Waals surface area contributed by atoms with Crippen molar-refractivity contribution in [2.24, 2.45) is 23.7 Å². The summed E-state index contributed by atoms with van der Waals surface area (Å²) < 4.78 is 62.9. The fraction of sp³-hybridized carbons (Fsp3) is 0.760. The summed E-state index contributed by atoms with van der Waals surface area (Å²) in [6, 6.07) is 2.38. The Morgan fingerprint density at radius 3 is 1.97 bits per heavy atom. The second kappa shape index (κ2) is 10.1. The lowest BCUT2D eigenvalue weighted by Crippen LogP contribution is -2.35. The molecule has 0 aliphatic heterocycles. The van der Waals surface area contributed by atoms with E-state index in [1.807, 2.05) is 0 Å². The van der Waals surface area contributed by atoms with Crippen LogP contribution >= 0.6 is 0 Å². The van der Waals surface area contributed by atoms with Crippen molar-refractivity contribution in [3.63, 3.8) is 0 Å². The third-order valence-electron chi connectivity index (χ3n) is 8.14. The van der Waals surface area contributed by atoms with Gasteiger partial charge in [0.25, 0.3) is 0 Å². The molecule has 0 saturated heterocycles. The van der Waals surface area contributed by atoms with Gasteiger partial charge in [-0.05, 0) is 118 Å². The van der Waals surface area contributed by atoms with Gasteiger partial charge >= 0.3 is 6.61 Å². The van der Waals surface area contributed by atoms with Gasteiger partial charge in [-0.25, -0.2) is 8.78 Å². The quantitative estimate of drug-likeness (QED) is 0.426. The van der Waals surface area contributed by atoms with Crippen LogP contribution in [0.3, 0.4) is 0 Å². The van der Waals surface area contributed by atoms with Crippen LogP contribution in [0.4, 0.5) is 17.6 Å². The first-order valence-electron chi connectivity index (χ1n) is 12.0. The Morgan fingerprint density at radius 1 is 0.806 bits per heavy atom. The molecular formula is C25H34F4O2. The molecule has 31 heavy (non-hydrogen) atoms. The first-order valence-corrected chi connectivity index (χ1v) is 12.0. The van der Waals surface area contributed by atoms with Crippen molar-refractivity contribution in [2.45, 2.75) is 89.8 Å². The summed E-state index contributed by atoms with van der Waals surface area (Å²) in [5.41, 5.74) is 0.575. The topological polar surface area (TPSA) is 18.5 Å². The Balaban J connectivity index is 1.33.